The van der Waals surface area contributed by atoms with Crippen LogP contribution in [0.2, 0.25) is 5.02 Å². The van der Waals surface area contributed by atoms with Gasteiger partial charge in [0.05, 0.1) is 25.3 Å². The highest BCUT2D eigenvalue weighted by Gasteiger charge is 2.64. The maximum atomic E-state index is 14.2. The zero-order valence-corrected chi connectivity index (χ0v) is 33.1. The normalized spacial score (nSPS) is 30.3. The smallest absolute Gasteiger partial charge is 0.410 e. The fourth-order valence-electron chi connectivity index (χ4n) is 6.98. The number of nitrogens with one attached hydrogen (secondary N) is 1. The van der Waals surface area contributed by atoms with Crippen LogP contribution >= 0.6 is 11.6 Å². The molecule has 2 aromatic carbocycles. The Morgan fingerprint density at radius 2 is 1.89 bits per heavy atom. The van der Waals surface area contributed by atoms with Gasteiger partial charge in [0.25, 0.3) is 0 Å². The first-order chi connectivity index (χ1) is 26.0. The zero-order chi connectivity index (χ0) is 40.2. The molecule has 14 nitrogen and oxygen atoms in total. The standard InChI is InChI=1S/C40H50ClN3O11/c1-23-13-12-16-31(51-8)40(49)21-30(53-37(47)42-40)24(2)35-39(4,55-35)32(20-33(45)44(6)28-18-27(17-23)19-29(50-7)34(28)41)54-36(46)25(3)43(5)38(48)52-22-26-14-10-9-11-15-26/h9-16,18-19,24-25,30-32,35,49H,17,20-22H2,1-8H3,(H,42,47)/b16-12+,23-13+. The predicted octanol–water partition coefficient (Wildman–Crippen LogP) is 5.32. The van der Waals surface area contributed by atoms with Gasteiger partial charge < -0.3 is 38.4 Å². The number of likely N-dealkylation sites (N-methyl/N-ethyl adjacent to an activating group) is 1. The van der Waals surface area contributed by atoms with E-state index >= 15 is 0 Å². The van der Waals surface area contributed by atoms with Crippen molar-refractivity contribution in [2.75, 3.05) is 33.2 Å². The number of aliphatic hydroxyl groups is 1. The van der Waals surface area contributed by atoms with Gasteiger partial charge in [0.15, 0.2) is 5.72 Å². The SMILES string of the molecule is COc1cc2cc(c1Cl)N(C)C(=O)CC(OC(=O)C(C)N(C)C(=O)OCc1ccccc1)C1(C)OC1C(C)C1CC(O)(NC(=O)O1)C(OC)/C=C/C=C(\C)C2. The highest BCUT2D eigenvalue weighted by atomic mass is 35.5. The minimum Gasteiger partial charge on any atom is -0.495 e. The summed E-state index contributed by atoms with van der Waals surface area (Å²) in [5.41, 5.74) is -0.224. The summed E-state index contributed by atoms with van der Waals surface area (Å²) in [5.74, 6) is -1.45. The van der Waals surface area contributed by atoms with E-state index < -0.39 is 71.8 Å². The van der Waals surface area contributed by atoms with Crippen LogP contribution in [-0.2, 0) is 46.3 Å². The Hall–Kier alpha value is -4.63. The molecule has 2 aromatic rings. The van der Waals surface area contributed by atoms with Crippen molar-refractivity contribution in [2.45, 2.75) is 95.3 Å². The highest BCUT2D eigenvalue weighted by molar-refractivity contribution is 6.35. The molecule has 0 saturated carbocycles. The Morgan fingerprint density at radius 3 is 2.56 bits per heavy atom. The topological polar surface area (TPSA) is 166 Å². The molecular weight excluding hydrogens is 734 g/mol. The molecule has 15 heteroatoms. The lowest BCUT2D eigenvalue weighted by atomic mass is 9.83. The number of carbonyl (C=O) groups excluding carboxylic acids is 4. The number of amides is 3. The second kappa shape index (κ2) is 17.0. The van der Waals surface area contributed by atoms with E-state index in [2.05, 4.69) is 5.32 Å². The van der Waals surface area contributed by atoms with Gasteiger partial charge in [-0.2, -0.15) is 0 Å². The number of epoxide rings is 1. The fourth-order valence-corrected chi connectivity index (χ4v) is 7.29. The van der Waals surface area contributed by atoms with Crippen LogP contribution in [0, 0.1) is 5.92 Å². The molecule has 3 aliphatic rings. The van der Waals surface area contributed by atoms with Gasteiger partial charge in [-0.3, -0.25) is 15.0 Å². The summed E-state index contributed by atoms with van der Waals surface area (Å²) in [6.45, 7) is 6.90. The number of allylic oxidation sites excluding steroid dienone is 3. The van der Waals surface area contributed by atoms with Crippen molar-refractivity contribution in [2.24, 2.45) is 5.92 Å². The van der Waals surface area contributed by atoms with Crippen LogP contribution < -0.4 is 15.0 Å². The van der Waals surface area contributed by atoms with E-state index in [0.29, 0.717) is 17.9 Å². The van der Waals surface area contributed by atoms with Crippen LogP contribution in [-0.4, -0.2) is 104 Å². The highest BCUT2D eigenvalue weighted by Crippen LogP contribution is 2.49. The molecule has 0 radical (unpaired) electrons. The van der Waals surface area contributed by atoms with Crippen LogP contribution in [0.1, 0.15) is 51.7 Å². The summed E-state index contributed by atoms with van der Waals surface area (Å²) in [4.78, 5) is 56.3. The van der Waals surface area contributed by atoms with E-state index in [-0.39, 0.29) is 24.5 Å². The van der Waals surface area contributed by atoms with Crippen molar-refractivity contribution >= 4 is 41.4 Å². The minimum atomic E-state index is -1.84. The van der Waals surface area contributed by atoms with Crippen molar-refractivity contribution in [3.8, 4) is 5.75 Å². The number of nitrogens with zero attached hydrogens (tertiary/aromatic N) is 2. The Kier molecular flexibility index (Phi) is 12.9. The molecule has 0 aromatic heterocycles. The maximum Gasteiger partial charge on any atom is 0.410 e. The quantitative estimate of drug-likeness (QED) is 0.212. The number of alkyl carbamates (subject to hydrolysis) is 1. The van der Waals surface area contributed by atoms with Gasteiger partial charge in [0.2, 0.25) is 5.91 Å². The molecule has 2 saturated heterocycles. The van der Waals surface area contributed by atoms with Crippen molar-refractivity contribution in [3.63, 3.8) is 0 Å². The number of methoxy groups -OCH3 is 2. The summed E-state index contributed by atoms with van der Waals surface area (Å²) in [7, 11) is 5.89. The van der Waals surface area contributed by atoms with E-state index in [9.17, 15) is 24.3 Å². The molecule has 8 unspecified atom stereocenters. The summed E-state index contributed by atoms with van der Waals surface area (Å²) in [5, 5.41) is 14.5. The predicted molar refractivity (Wildman–Crippen MR) is 203 cm³/mol. The third-order valence-corrected chi connectivity index (χ3v) is 11.0. The largest absolute Gasteiger partial charge is 0.495 e. The van der Waals surface area contributed by atoms with E-state index in [4.69, 9.17) is 40.0 Å². The first kappa shape index (κ1) is 41.5. The summed E-state index contributed by atoms with van der Waals surface area (Å²) < 4.78 is 34.6. The number of benzene rings is 2. The number of esters is 1. The number of rotatable bonds is 7. The van der Waals surface area contributed by atoms with Crippen LogP contribution in [0.3, 0.4) is 0 Å². The molecule has 2 fully saturated rings. The van der Waals surface area contributed by atoms with Gasteiger partial charge in [-0.25, -0.2) is 14.4 Å². The summed E-state index contributed by atoms with van der Waals surface area (Å²) in [6, 6.07) is 11.6. The number of anilines is 1. The van der Waals surface area contributed by atoms with Crippen molar-refractivity contribution in [3.05, 3.63) is 82.4 Å². The Morgan fingerprint density at radius 1 is 1.18 bits per heavy atom. The van der Waals surface area contributed by atoms with E-state index in [1.165, 1.54) is 33.1 Å². The fraction of sp³-hybridized carbons (Fsp3) is 0.500. The number of halogens is 1. The molecule has 0 spiro atoms. The van der Waals surface area contributed by atoms with Crippen LogP contribution in [0.4, 0.5) is 15.3 Å². The second-order valence-corrected chi connectivity index (χ2v) is 14.9. The van der Waals surface area contributed by atoms with Crippen molar-refractivity contribution in [1.29, 1.82) is 0 Å². The lowest BCUT2D eigenvalue weighted by Crippen LogP contribution is -2.63. The number of fused-ring (bicyclic) bond motifs is 5. The van der Waals surface area contributed by atoms with Crippen molar-refractivity contribution < 1.29 is 52.7 Å². The average molecular weight is 784 g/mol. The van der Waals surface area contributed by atoms with Gasteiger partial charge in [-0.1, -0.05) is 72.7 Å². The zero-order valence-electron chi connectivity index (χ0n) is 32.4. The molecular formula is C40H50ClN3O11. The lowest BCUT2D eigenvalue weighted by molar-refractivity contribution is -0.158. The van der Waals surface area contributed by atoms with Gasteiger partial charge in [-0.15, -0.1) is 0 Å². The van der Waals surface area contributed by atoms with Gasteiger partial charge in [0.1, 0.15) is 47.3 Å². The number of hydrogen-bond acceptors (Lipinski definition) is 11. The third kappa shape index (κ3) is 9.26. The van der Waals surface area contributed by atoms with Crippen LogP contribution in [0.25, 0.3) is 0 Å². The molecule has 3 heterocycles. The first-order valence-electron chi connectivity index (χ1n) is 18.0. The molecule has 4 bridgehead atoms. The Labute approximate surface area is 326 Å². The molecule has 55 heavy (non-hydrogen) atoms. The van der Waals surface area contributed by atoms with Crippen LogP contribution in [0.15, 0.2) is 66.3 Å². The van der Waals surface area contributed by atoms with E-state index in [1.54, 1.807) is 45.2 Å². The maximum absolute atomic E-state index is 14.2. The molecule has 298 valence electrons. The van der Waals surface area contributed by atoms with E-state index in [0.717, 1.165) is 21.6 Å². The van der Waals surface area contributed by atoms with Crippen LogP contribution in [0.5, 0.6) is 5.75 Å². The molecule has 0 aliphatic carbocycles. The Bertz CT molecular complexity index is 1820. The van der Waals surface area contributed by atoms with E-state index in [1.807, 2.05) is 43.3 Å². The minimum absolute atomic E-state index is 0.00290. The summed E-state index contributed by atoms with van der Waals surface area (Å²) in [6.07, 6.45) is 0.00457. The second-order valence-electron chi connectivity index (χ2n) is 14.6. The van der Waals surface area contributed by atoms with Gasteiger partial charge in [-0.05, 0) is 50.5 Å². The Balaban J connectivity index is 1.48. The summed E-state index contributed by atoms with van der Waals surface area (Å²) >= 11 is 6.76. The number of ether oxygens (including phenoxy) is 6. The average Bonchev–Trinajstić information content (AvgIpc) is 3.86. The third-order valence-electron chi connectivity index (χ3n) is 10.6. The number of carbonyl (C=O) groups is 4. The monoisotopic (exact) mass is 783 g/mol. The molecule has 3 amide bonds. The van der Waals surface area contributed by atoms with Crippen molar-refractivity contribution in [1.82, 2.24) is 10.2 Å². The molecule has 3 aliphatic heterocycles. The number of hydrogen-bond donors (Lipinski definition) is 2. The molecule has 2 N–H and O–H groups in total. The molecule has 5 rings (SSSR count). The lowest BCUT2D eigenvalue weighted by Gasteiger charge is -2.42. The van der Waals surface area contributed by atoms with Gasteiger partial charge >= 0.3 is 18.2 Å². The molecule has 8 atom stereocenters. The van der Waals surface area contributed by atoms with Gasteiger partial charge in [0, 0.05) is 33.5 Å². The first-order valence-corrected chi connectivity index (χ1v) is 18.4.